The predicted octanol–water partition coefficient (Wildman–Crippen LogP) is 1.02. The second-order valence-electron chi connectivity index (χ2n) is 7.33. The summed E-state index contributed by atoms with van der Waals surface area (Å²) in [5.41, 5.74) is -0.730. The zero-order valence-electron chi connectivity index (χ0n) is 12.2. The molecule has 0 bridgehead atoms. The number of rotatable bonds is 0. The van der Waals surface area contributed by atoms with Gasteiger partial charge >= 0.3 is 5.97 Å². The molecule has 1 aliphatic carbocycles. The quantitative estimate of drug-likeness (QED) is 0.530. The Morgan fingerprint density at radius 1 is 1.20 bits per heavy atom. The number of esters is 1. The van der Waals surface area contributed by atoms with Gasteiger partial charge in [-0.25, -0.2) is 0 Å². The Morgan fingerprint density at radius 3 is 2.70 bits per heavy atom. The van der Waals surface area contributed by atoms with Gasteiger partial charge in [-0.3, -0.25) is 4.79 Å². The summed E-state index contributed by atoms with van der Waals surface area (Å²) >= 11 is 0. The van der Waals surface area contributed by atoms with Gasteiger partial charge in [-0.05, 0) is 20.3 Å². The summed E-state index contributed by atoms with van der Waals surface area (Å²) in [6.45, 7) is 5.94. The molecule has 4 fully saturated rings. The van der Waals surface area contributed by atoms with Crippen molar-refractivity contribution >= 4 is 5.97 Å². The second-order valence-corrected chi connectivity index (χ2v) is 7.33. The molecule has 8 atom stereocenters. The average molecular weight is 282 g/mol. The number of aliphatic hydroxyl groups excluding tert-OH is 1. The van der Waals surface area contributed by atoms with E-state index < -0.39 is 11.7 Å². The van der Waals surface area contributed by atoms with Crippen molar-refractivity contribution in [1.29, 1.82) is 0 Å². The summed E-state index contributed by atoms with van der Waals surface area (Å²) in [5.74, 6) is -0.0323. The van der Waals surface area contributed by atoms with Crippen molar-refractivity contribution in [2.75, 3.05) is 0 Å². The van der Waals surface area contributed by atoms with Crippen LogP contribution in [0, 0.1) is 11.8 Å². The Kier molecular flexibility index (Phi) is 2.45. The van der Waals surface area contributed by atoms with Gasteiger partial charge in [0.25, 0.3) is 0 Å². The molecular formula is C15H22O5. The first-order valence-corrected chi connectivity index (χ1v) is 7.58. The minimum atomic E-state index is -0.496. The van der Waals surface area contributed by atoms with E-state index in [9.17, 15) is 9.90 Å². The molecule has 1 saturated carbocycles. The molecule has 5 nitrogen and oxygen atoms in total. The van der Waals surface area contributed by atoms with Gasteiger partial charge in [0.2, 0.25) is 0 Å². The van der Waals surface area contributed by atoms with Crippen LogP contribution in [0.4, 0.5) is 0 Å². The highest BCUT2D eigenvalue weighted by molar-refractivity contribution is 5.74. The van der Waals surface area contributed by atoms with Crippen LogP contribution in [0.5, 0.6) is 0 Å². The molecular weight excluding hydrogens is 260 g/mol. The van der Waals surface area contributed by atoms with Crippen molar-refractivity contribution < 1.29 is 24.1 Å². The first-order chi connectivity index (χ1) is 9.33. The lowest BCUT2D eigenvalue weighted by molar-refractivity contribution is -0.144. The Labute approximate surface area is 118 Å². The molecule has 1 unspecified atom stereocenters. The van der Waals surface area contributed by atoms with Crippen LogP contribution in [-0.4, -0.2) is 46.7 Å². The lowest BCUT2D eigenvalue weighted by atomic mass is 9.79. The molecule has 20 heavy (non-hydrogen) atoms. The minimum absolute atomic E-state index is 0.0325. The molecule has 5 heteroatoms. The zero-order chi connectivity index (χ0) is 14.3. The number of carbonyl (C=O) groups excluding carboxylic acids is 1. The number of hydrogen-bond acceptors (Lipinski definition) is 5. The molecule has 3 saturated heterocycles. The smallest absolute Gasteiger partial charge is 0.309 e. The molecule has 112 valence electrons. The van der Waals surface area contributed by atoms with Gasteiger partial charge in [0.15, 0.2) is 0 Å². The van der Waals surface area contributed by atoms with Crippen LogP contribution < -0.4 is 0 Å². The fourth-order valence-corrected chi connectivity index (χ4v) is 4.09. The van der Waals surface area contributed by atoms with Crippen LogP contribution in [0.1, 0.15) is 40.0 Å². The fraction of sp³-hybridized carbons (Fsp3) is 0.933. The SMILES string of the molecule is C[C@@H]1C(=O)O[C@H]2C[C@@]3(C)O[C@@H]3C[C@H](O)[C@@]3(C)O[C@@H]3CC21. The van der Waals surface area contributed by atoms with Crippen molar-refractivity contribution in [2.45, 2.75) is 75.7 Å². The summed E-state index contributed by atoms with van der Waals surface area (Å²) in [5, 5.41) is 10.4. The Bertz CT molecular complexity index is 465. The standard InChI is InChI=1S/C15H22O5/c1-7-8-4-12-15(3,20-12)10(16)5-11-14(2,19-11)6-9(8)18-13(7)17/h7-12,16H,4-6H2,1-3H3/t7-,8?,9-,10-,11+,12+,14+,15+/m0/s1. The van der Waals surface area contributed by atoms with Crippen LogP contribution in [0.2, 0.25) is 0 Å². The molecule has 1 N–H and O–H groups in total. The molecule has 0 aromatic rings. The topological polar surface area (TPSA) is 71.6 Å². The maximum Gasteiger partial charge on any atom is 0.309 e. The van der Waals surface area contributed by atoms with E-state index in [1.54, 1.807) is 0 Å². The second kappa shape index (κ2) is 3.76. The molecule has 0 radical (unpaired) electrons. The number of ether oxygens (including phenoxy) is 3. The number of epoxide rings is 2. The van der Waals surface area contributed by atoms with E-state index in [0.717, 1.165) is 12.8 Å². The largest absolute Gasteiger partial charge is 0.462 e. The summed E-state index contributed by atoms with van der Waals surface area (Å²) in [6.07, 6.45) is 1.63. The van der Waals surface area contributed by atoms with Crippen molar-refractivity contribution in [3.63, 3.8) is 0 Å². The van der Waals surface area contributed by atoms with Gasteiger partial charge in [-0.2, -0.15) is 0 Å². The zero-order valence-corrected chi connectivity index (χ0v) is 12.2. The van der Waals surface area contributed by atoms with Crippen molar-refractivity contribution in [1.82, 2.24) is 0 Å². The van der Waals surface area contributed by atoms with Crippen molar-refractivity contribution in [3.05, 3.63) is 0 Å². The molecule has 0 aromatic heterocycles. The number of hydrogen-bond donors (Lipinski definition) is 1. The normalized spacial score (nSPS) is 60.9. The van der Waals surface area contributed by atoms with Crippen molar-refractivity contribution in [2.24, 2.45) is 11.8 Å². The maximum atomic E-state index is 11.9. The van der Waals surface area contributed by atoms with Crippen LogP contribution in [0.3, 0.4) is 0 Å². The van der Waals surface area contributed by atoms with E-state index in [-0.39, 0.29) is 41.7 Å². The monoisotopic (exact) mass is 282 g/mol. The molecule has 0 aromatic carbocycles. The van der Waals surface area contributed by atoms with Gasteiger partial charge in [-0.15, -0.1) is 0 Å². The number of carbonyl (C=O) groups is 1. The van der Waals surface area contributed by atoms with Crippen molar-refractivity contribution in [3.8, 4) is 0 Å². The first kappa shape index (κ1) is 13.0. The molecule has 3 heterocycles. The Hall–Kier alpha value is -0.650. The highest BCUT2D eigenvalue weighted by atomic mass is 16.6. The van der Waals surface area contributed by atoms with E-state index in [4.69, 9.17) is 14.2 Å². The van der Waals surface area contributed by atoms with E-state index in [1.807, 2.05) is 20.8 Å². The third-order valence-electron chi connectivity index (χ3n) is 5.96. The highest BCUT2D eigenvalue weighted by Crippen LogP contribution is 2.54. The third-order valence-corrected chi connectivity index (χ3v) is 5.96. The molecule has 3 aliphatic heterocycles. The molecule has 4 rings (SSSR count). The van der Waals surface area contributed by atoms with E-state index in [2.05, 4.69) is 0 Å². The number of fused-ring (bicyclic) bond motifs is 3. The van der Waals surface area contributed by atoms with Crippen LogP contribution >= 0.6 is 0 Å². The lowest BCUT2D eigenvalue weighted by Gasteiger charge is -2.23. The Balaban J connectivity index is 1.62. The molecule has 4 aliphatic rings. The average Bonchev–Trinajstić information content (AvgIpc) is 3.18. The summed E-state index contributed by atoms with van der Waals surface area (Å²) in [4.78, 5) is 11.9. The summed E-state index contributed by atoms with van der Waals surface area (Å²) in [7, 11) is 0. The van der Waals surface area contributed by atoms with Gasteiger partial charge in [0.1, 0.15) is 11.7 Å². The predicted molar refractivity (Wildman–Crippen MR) is 68.9 cm³/mol. The van der Waals surface area contributed by atoms with Crippen LogP contribution in [0.15, 0.2) is 0 Å². The van der Waals surface area contributed by atoms with Gasteiger partial charge in [0.05, 0.1) is 29.8 Å². The van der Waals surface area contributed by atoms with Gasteiger partial charge in [-0.1, -0.05) is 6.92 Å². The fourth-order valence-electron chi connectivity index (χ4n) is 4.09. The van der Waals surface area contributed by atoms with E-state index in [1.165, 1.54) is 0 Å². The van der Waals surface area contributed by atoms with E-state index >= 15 is 0 Å². The maximum absolute atomic E-state index is 11.9. The van der Waals surface area contributed by atoms with E-state index in [0.29, 0.717) is 6.42 Å². The van der Waals surface area contributed by atoms with Crippen LogP contribution in [0.25, 0.3) is 0 Å². The lowest BCUT2D eigenvalue weighted by Crippen LogP contribution is -2.36. The van der Waals surface area contributed by atoms with Gasteiger partial charge < -0.3 is 19.3 Å². The third kappa shape index (κ3) is 1.69. The van der Waals surface area contributed by atoms with Gasteiger partial charge in [0, 0.05) is 18.8 Å². The molecule has 0 spiro atoms. The summed E-state index contributed by atoms with van der Waals surface area (Å²) < 4.78 is 17.1. The minimum Gasteiger partial charge on any atom is -0.462 e. The highest BCUT2D eigenvalue weighted by Gasteiger charge is 2.65. The molecule has 0 amide bonds. The summed E-state index contributed by atoms with van der Waals surface area (Å²) in [6, 6.07) is 0. The van der Waals surface area contributed by atoms with Crippen LogP contribution in [-0.2, 0) is 19.0 Å². The number of aliphatic hydroxyl groups is 1. The first-order valence-electron chi connectivity index (χ1n) is 7.58. The Morgan fingerprint density at radius 2 is 1.95 bits per heavy atom.